The lowest BCUT2D eigenvalue weighted by molar-refractivity contribution is 0.629. The van der Waals surface area contributed by atoms with Crippen LogP contribution < -0.4 is 0 Å². The molecule has 0 aromatic heterocycles. The van der Waals surface area contributed by atoms with Crippen LogP contribution >= 0.6 is 0 Å². The van der Waals surface area contributed by atoms with E-state index in [2.05, 4.69) is 0 Å². The molecule has 1 rings (SSSR count). The van der Waals surface area contributed by atoms with Gasteiger partial charge >= 0.3 is 0 Å². The maximum atomic E-state index is 8.70. The zero-order valence-corrected chi connectivity index (χ0v) is 8.41. The van der Waals surface area contributed by atoms with Gasteiger partial charge in [0.15, 0.2) is 0 Å². The highest BCUT2D eigenvalue weighted by molar-refractivity contribution is 5.24. The smallest absolute Gasteiger partial charge is 0.143 e. The van der Waals surface area contributed by atoms with E-state index in [-0.39, 0.29) is 11.8 Å². The quantitative estimate of drug-likeness (QED) is 0.645. The molecule has 0 saturated carbocycles. The molecule has 0 bridgehead atoms. The molecule has 16 heavy (non-hydrogen) atoms. The topological polar surface area (TPSA) is 95.2 Å². The van der Waals surface area contributed by atoms with Crippen LogP contribution in [0.25, 0.3) is 0 Å². The molecular weight excluding hydrogens is 200 g/mol. The third-order valence-electron chi connectivity index (χ3n) is 2.44. The van der Waals surface area contributed by atoms with Crippen LogP contribution in [0.15, 0.2) is 24.3 Å². The minimum absolute atomic E-state index is 0.246. The molecule has 1 aliphatic rings. The summed E-state index contributed by atoms with van der Waals surface area (Å²) in [4.78, 5) is 0. The fourth-order valence-corrected chi connectivity index (χ4v) is 1.49. The molecule has 0 fully saturated rings. The fourth-order valence-electron chi connectivity index (χ4n) is 1.49. The Labute approximate surface area is 93.9 Å². The van der Waals surface area contributed by atoms with E-state index in [1.807, 2.05) is 24.3 Å². The van der Waals surface area contributed by atoms with Gasteiger partial charge in [-0.25, -0.2) is 0 Å². The first-order valence-corrected chi connectivity index (χ1v) is 4.72. The van der Waals surface area contributed by atoms with Crippen molar-refractivity contribution in [3.63, 3.8) is 0 Å². The van der Waals surface area contributed by atoms with Crippen LogP contribution in [-0.2, 0) is 0 Å². The van der Waals surface area contributed by atoms with E-state index in [4.69, 9.17) is 21.0 Å². The van der Waals surface area contributed by atoms with Crippen molar-refractivity contribution in [2.24, 2.45) is 23.7 Å². The maximum absolute atomic E-state index is 8.70. The molecule has 0 atom stereocenters. The second-order valence-electron chi connectivity index (χ2n) is 3.40. The molecule has 76 valence electrons. The van der Waals surface area contributed by atoms with E-state index < -0.39 is 11.8 Å². The Morgan fingerprint density at radius 1 is 0.625 bits per heavy atom. The summed E-state index contributed by atoms with van der Waals surface area (Å²) < 4.78 is 0. The van der Waals surface area contributed by atoms with Crippen LogP contribution in [-0.4, -0.2) is 0 Å². The van der Waals surface area contributed by atoms with Gasteiger partial charge in [-0.3, -0.25) is 0 Å². The Balaban J connectivity index is 2.76. The SMILES string of the molecule is N#CC(C#N)C1C=CC(C(C#N)C#N)C=C1. The average Bonchev–Trinajstić information content (AvgIpc) is 2.34. The second kappa shape index (κ2) is 5.35. The Morgan fingerprint density at radius 2 is 0.875 bits per heavy atom. The Bertz CT molecular complexity index is 389. The standard InChI is InChI=1S/C12H8N4/c13-5-11(6-14)9-1-2-10(4-3-9)12(7-15)8-16/h1-4,9-12H. The predicted octanol–water partition coefficient (Wildman–Crippen LogP) is 1.67. The molecule has 0 amide bonds. The van der Waals surface area contributed by atoms with Crippen molar-refractivity contribution in [1.82, 2.24) is 0 Å². The first-order valence-electron chi connectivity index (χ1n) is 4.72. The maximum Gasteiger partial charge on any atom is 0.143 e. The number of hydrogen-bond acceptors (Lipinski definition) is 4. The lowest BCUT2D eigenvalue weighted by Gasteiger charge is -2.17. The van der Waals surface area contributed by atoms with Crippen molar-refractivity contribution in [1.29, 1.82) is 21.0 Å². The van der Waals surface area contributed by atoms with E-state index in [9.17, 15) is 0 Å². The summed E-state index contributed by atoms with van der Waals surface area (Å²) in [7, 11) is 0. The fraction of sp³-hybridized carbons (Fsp3) is 0.333. The minimum Gasteiger partial charge on any atom is -0.197 e. The van der Waals surface area contributed by atoms with Gasteiger partial charge in [0.1, 0.15) is 11.8 Å². The Hall–Kier alpha value is -2.56. The number of rotatable bonds is 2. The molecule has 0 heterocycles. The molecule has 0 unspecified atom stereocenters. The van der Waals surface area contributed by atoms with Gasteiger partial charge in [0.2, 0.25) is 0 Å². The summed E-state index contributed by atoms with van der Waals surface area (Å²) in [5, 5.41) is 34.8. The number of allylic oxidation sites excluding steroid dienone is 4. The zero-order chi connectivity index (χ0) is 12.0. The number of nitrogens with zero attached hydrogens (tertiary/aromatic N) is 4. The van der Waals surface area contributed by atoms with Crippen LogP contribution in [0, 0.1) is 69.0 Å². The van der Waals surface area contributed by atoms with Crippen LogP contribution in [0.4, 0.5) is 0 Å². The predicted molar refractivity (Wildman–Crippen MR) is 54.7 cm³/mol. The van der Waals surface area contributed by atoms with Crippen molar-refractivity contribution in [2.75, 3.05) is 0 Å². The van der Waals surface area contributed by atoms with Gasteiger partial charge in [-0.1, -0.05) is 24.3 Å². The van der Waals surface area contributed by atoms with Gasteiger partial charge in [-0.15, -0.1) is 0 Å². The lowest BCUT2D eigenvalue weighted by atomic mass is 9.83. The summed E-state index contributed by atoms with van der Waals surface area (Å²) in [6.07, 6.45) is 6.85. The molecule has 4 nitrogen and oxygen atoms in total. The van der Waals surface area contributed by atoms with Crippen molar-refractivity contribution in [3.05, 3.63) is 24.3 Å². The highest BCUT2D eigenvalue weighted by Crippen LogP contribution is 2.25. The summed E-state index contributed by atoms with van der Waals surface area (Å²) >= 11 is 0. The summed E-state index contributed by atoms with van der Waals surface area (Å²) in [6, 6.07) is 7.60. The second-order valence-corrected chi connectivity index (χ2v) is 3.40. The van der Waals surface area contributed by atoms with Crippen LogP contribution in [0.5, 0.6) is 0 Å². The summed E-state index contributed by atoms with van der Waals surface area (Å²) in [5.74, 6) is -1.92. The summed E-state index contributed by atoms with van der Waals surface area (Å²) in [6.45, 7) is 0. The largest absolute Gasteiger partial charge is 0.197 e. The molecule has 1 aliphatic carbocycles. The highest BCUT2D eigenvalue weighted by Gasteiger charge is 2.23. The molecule has 0 spiro atoms. The average molecular weight is 208 g/mol. The minimum atomic E-state index is -0.712. The van der Waals surface area contributed by atoms with E-state index in [1.54, 1.807) is 24.3 Å². The molecular formula is C12H8N4. The molecule has 4 heteroatoms. The van der Waals surface area contributed by atoms with Crippen molar-refractivity contribution < 1.29 is 0 Å². The third kappa shape index (κ3) is 2.27. The van der Waals surface area contributed by atoms with Gasteiger partial charge in [-0.05, 0) is 0 Å². The molecule has 0 aromatic rings. The Morgan fingerprint density at radius 3 is 1.06 bits per heavy atom. The zero-order valence-electron chi connectivity index (χ0n) is 8.41. The number of nitriles is 4. The van der Waals surface area contributed by atoms with E-state index >= 15 is 0 Å². The normalized spacial score (nSPS) is 22.1. The third-order valence-corrected chi connectivity index (χ3v) is 2.44. The Kier molecular flexibility index (Phi) is 3.85. The number of hydrogen-bond donors (Lipinski definition) is 0. The van der Waals surface area contributed by atoms with Crippen LogP contribution in [0.2, 0.25) is 0 Å². The van der Waals surface area contributed by atoms with Gasteiger partial charge in [0, 0.05) is 11.8 Å². The first-order chi connectivity index (χ1) is 7.76. The molecule has 0 aromatic carbocycles. The lowest BCUT2D eigenvalue weighted by Crippen LogP contribution is -2.14. The van der Waals surface area contributed by atoms with Gasteiger partial charge in [0.25, 0.3) is 0 Å². The molecule has 0 N–H and O–H groups in total. The molecule has 0 aliphatic heterocycles. The van der Waals surface area contributed by atoms with Gasteiger partial charge < -0.3 is 0 Å². The van der Waals surface area contributed by atoms with E-state index in [1.165, 1.54) is 0 Å². The molecule has 0 radical (unpaired) electrons. The highest BCUT2D eigenvalue weighted by atomic mass is 14.4. The van der Waals surface area contributed by atoms with Gasteiger partial charge in [0.05, 0.1) is 24.3 Å². The van der Waals surface area contributed by atoms with Crippen molar-refractivity contribution in [2.45, 2.75) is 0 Å². The van der Waals surface area contributed by atoms with E-state index in [0.29, 0.717) is 0 Å². The molecule has 0 saturated heterocycles. The van der Waals surface area contributed by atoms with Crippen LogP contribution in [0.1, 0.15) is 0 Å². The summed E-state index contributed by atoms with van der Waals surface area (Å²) in [5.41, 5.74) is 0. The van der Waals surface area contributed by atoms with Crippen molar-refractivity contribution in [3.8, 4) is 24.3 Å². The van der Waals surface area contributed by atoms with Gasteiger partial charge in [-0.2, -0.15) is 21.0 Å². The first kappa shape index (κ1) is 11.5. The van der Waals surface area contributed by atoms with Crippen LogP contribution in [0.3, 0.4) is 0 Å². The monoisotopic (exact) mass is 208 g/mol. The van der Waals surface area contributed by atoms with E-state index in [0.717, 1.165) is 0 Å². The van der Waals surface area contributed by atoms with Crippen molar-refractivity contribution >= 4 is 0 Å².